The van der Waals surface area contributed by atoms with E-state index >= 15 is 0 Å². The Morgan fingerprint density at radius 3 is 2.54 bits per heavy atom. The third kappa shape index (κ3) is 5.53. The number of benzene rings is 2. The van der Waals surface area contributed by atoms with Crippen molar-refractivity contribution in [3.63, 3.8) is 0 Å². The van der Waals surface area contributed by atoms with E-state index in [9.17, 15) is 37.2 Å². The summed E-state index contributed by atoms with van der Waals surface area (Å²) in [4.78, 5) is 40.4. The molecule has 1 fully saturated rings. The minimum atomic E-state index is -4.91. The maximum atomic E-state index is 14.1. The van der Waals surface area contributed by atoms with Gasteiger partial charge in [0, 0.05) is 24.2 Å². The second kappa shape index (κ2) is 10.6. The Labute approximate surface area is 221 Å². The zero-order valence-electron chi connectivity index (χ0n) is 21.1. The number of alkyl halides is 3. The Bertz CT molecular complexity index is 1310. The largest absolute Gasteiger partial charge is 0.432 e. The highest BCUT2D eigenvalue weighted by Gasteiger charge is 2.57. The predicted molar refractivity (Wildman–Crippen MR) is 131 cm³/mol. The highest BCUT2D eigenvalue weighted by molar-refractivity contribution is 6.07. The van der Waals surface area contributed by atoms with Gasteiger partial charge in [0.1, 0.15) is 17.9 Å². The van der Waals surface area contributed by atoms with E-state index in [2.05, 4.69) is 10.6 Å². The molecule has 2 heterocycles. The van der Waals surface area contributed by atoms with Crippen LogP contribution in [0.1, 0.15) is 43.9 Å². The third-order valence-corrected chi connectivity index (χ3v) is 6.89. The predicted octanol–water partition coefficient (Wildman–Crippen LogP) is 4.58. The van der Waals surface area contributed by atoms with E-state index in [1.54, 1.807) is 13.8 Å². The number of anilines is 1. The molecule has 39 heavy (non-hydrogen) atoms. The first kappa shape index (κ1) is 27.9. The summed E-state index contributed by atoms with van der Waals surface area (Å²) in [5.41, 5.74) is -1.000. The zero-order chi connectivity index (χ0) is 28.5. The lowest BCUT2D eigenvalue weighted by atomic mass is 9.79. The monoisotopic (exact) mass is 546 g/mol. The van der Waals surface area contributed by atoms with Crippen LogP contribution >= 0.6 is 0 Å². The standard InChI is InChI=1S/C27H26F4N4O4/c1-15(2)10-21(34-25(38)39-22(27(29,30)31)16-6-4-3-5-7-16)23(36)35-14-26(12-18(35)13-32)19-11-17(28)8-9-20(19)33-24(26)37/h3-9,11,15,18,21-22H,10,12,14H2,1-2H3,(H,33,37)(H,34,38)/t18-,21-,22-,26-/m0/s1. The molecule has 0 unspecified atom stereocenters. The van der Waals surface area contributed by atoms with Crippen LogP contribution < -0.4 is 10.6 Å². The highest BCUT2D eigenvalue weighted by Crippen LogP contribution is 2.46. The van der Waals surface area contributed by atoms with Crippen molar-refractivity contribution in [3.8, 4) is 6.07 Å². The number of fused-ring (bicyclic) bond motifs is 2. The van der Waals surface area contributed by atoms with Crippen molar-refractivity contribution in [1.82, 2.24) is 10.2 Å². The lowest BCUT2D eigenvalue weighted by Crippen LogP contribution is -2.51. The number of rotatable bonds is 6. The van der Waals surface area contributed by atoms with Crippen molar-refractivity contribution < 1.29 is 36.7 Å². The molecule has 2 aliphatic rings. The van der Waals surface area contributed by atoms with Gasteiger partial charge in [0.15, 0.2) is 0 Å². The van der Waals surface area contributed by atoms with Crippen LogP contribution in [0.5, 0.6) is 0 Å². The summed E-state index contributed by atoms with van der Waals surface area (Å²) >= 11 is 0. The maximum absolute atomic E-state index is 14.1. The molecule has 12 heteroatoms. The van der Waals surface area contributed by atoms with E-state index in [4.69, 9.17) is 4.74 Å². The second-order valence-electron chi connectivity index (χ2n) is 10.1. The first-order valence-corrected chi connectivity index (χ1v) is 12.3. The number of nitrogens with one attached hydrogen (secondary N) is 2. The van der Waals surface area contributed by atoms with Gasteiger partial charge in [-0.05, 0) is 36.1 Å². The molecule has 4 atom stereocenters. The van der Waals surface area contributed by atoms with Crippen molar-refractivity contribution in [2.75, 3.05) is 11.9 Å². The van der Waals surface area contributed by atoms with Gasteiger partial charge in [-0.3, -0.25) is 9.59 Å². The maximum Gasteiger partial charge on any atom is 0.429 e. The number of nitrogens with zero attached hydrogens (tertiary/aromatic N) is 2. The number of carbonyl (C=O) groups excluding carboxylic acids is 3. The van der Waals surface area contributed by atoms with Crippen molar-refractivity contribution in [3.05, 3.63) is 65.5 Å². The van der Waals surface area contributed by atoms with Crippen LogP contribution in [0, 0.1) is 23.1 Å². The van der Waals surface area contributed by atoms with E-state index < -0.39 is 53.5 Å². The number of hydrogen-bond donors (Lipinski definition) is 2. The molecule has 1 saturated heterocycles. The molecule has 0 bridgehead atoms. The average Bonchev–Trinajstić information content (AvgIpc) is 3.39. The minimum absolute atomic E-state index is 0.0228. The number of nitriles is 1. The number of halogens is 4. The van der Waals surface area contributed by atoms with Gasteiger partial charge in [0.25, 0.3) is 0 Å². The Morgan fingerprint density at radius 2 is 1.92 bits per heavy atom. The first-order chi connectivity index (χ1) is 18.4. The van der Waals surface area contributed by atoms with Gasteiger partial charge >= 0.3 is 12.3 Å². The molecule has 0 radical (unpaired) electrons. The van der Waals surface area contributed by atoms with Gasteiger partial charge in [-0.15, -0.1) is 0 Å². The van der Waals surface area contributed by atoms with Crippen LogP contribution in [0.2, 0.25) is 0 Å². The molecule has 2 aliphatic heterocycles. The molecule has 2 N–H and O–H groups in total. The van der Waals surface area contributed by atoms with Crippen LogP contribution in [-0.4, -0.2) is 47.6 Å². The van der Waals surface area contributed by atoms with Crippen LogP contribution in [0.3, 0.4) is 0 Å². The summed E-state index contributed by atoms with van der Waals surface area (Å²) in [6.45, 7) is 3.21. The topological polar surface area (TPSA) is 112 Å². The average molecular weight is 547 g/mol. The number of carbonyl (C=O) groups is 3. The molecule has 4 rings (SSSR count). The number of likely N-dealkylation sites (tertiary alicyclic amines) is 1. The van der Waals surface area contributed by atoms with Crippen molar-refractivity contribution in [2.45, 2.75) is 56.5 Å². The fourth-order valence-electron chi connectivity index (χ4n) is 5.13. The van der Waals surface area contributed by atoms with E-state index in [-0.39, 0.29) is 30.9 Å². The summed E-state index contributed by atoms with van der Waals surface area (Å²) in [5.74, 6) is -2.04. The van der Waals surface area contributed by atoms with Crippen LogP contribution in [0.25, 0.3) is 0 Å². The Kier molecular flexibility index (Phi) is 7.54. The number of amides is 3. The SMILES string of the molecule is CC(C)C[C@H](NC(=O)O[C@@H](c1ccccc1)C(F)(F)F)C(=O)N1C[C@]2(C[C@H]1C#N)C(=O)Nc1ccc(F)cc12. The lowest BCUT2D eigenvalue weighted by Gasteiger charge is -2.29. The Balaban J connectivity index is 1.58. The lowest BCUT2D eigenvalue weighted by molar-refractivity contribution is -0.206. The molecule has 2 aromatic rings. The van der Waals surface area contributed by atoms with Gasteiger partial charge in [0.05, 0.1) is 11.5 Å². The van der Waals surface area contributed by atoms with Crippen LogP contribution in [-0.2, 0) is 19.7 Å². The molecule has 1 spiro atoms. The van der Waals surface area contributed by atoms with Crippen molar-refractivity contribution in [1.29, 1.82) is 5.26 Å². The zero-order valence-corrected chi connectivity index (χ0v) is 21.1. The number of ether oxygens (including phenoxy) is 1. The Hall–Kier alpha value is -4.14. The molecule has 8 nitrogen and oxygen atoms in total. The van der Waals surface area contributed by atoms with E-state index in [0.717, 1.165) is 17.0 Å². The van der Waals surface area contributed by atoms with Gasteiger partial charge < -0.3 is 20.3 Å². The summed E-state index contributed by atoms with van der Waals surface area (Å²) in [6, 6.07) is 9.87. The number of hydrogen-bond acceptors (Lipinski definition) is 5. The normalized spacial score (nSPS) is 21.7. The minimum Gasteiger partial charge on any atom is -0.432 e. The van der Waals surface area contributed by atoms with Crippen molar-refractivity contribution in [2.24, 2.45) is 5.92 Å². The molecule has 0 aromatic heterocycles. The second-order valence-corrected chi connectivity index (χ2v) is 10.1. The molecule has 3 amide bonds. The van der Waals surface area contributed by atoms with Crippen molar-refractivity contribution >= 4 is 23.6 Å². The molecule has 2 aromatic carbocycles. The van der Waals surface area contributed by atoms with Gasteiger partial charge in [0.2, 0.25) is 17.9 Å². The third-order valence-electron chi connectivity index (χ3n) is 6.89. The van der Waals surface area contributed by atoms with Gasteiger partial charge in [-0.25, -0.2) is 9.18 Å². The fraction of sp³-hybridized carbons (Fsp3) is 0.407. The van der Waals surface area contributed by atoms with E-state index in [1.807, 2.05) is 6.07 Å². The molecule has 206 valence electrons. The van der Waals surface area contributed by atoms with Gasteiger partial charge in [-0.2, -0.15) is 18.4 Å². The van der Waals surface area contributed by atoms with E-state index in [0.29, 0.717) is 11.3 Å². The van der Waals surface area contributed by atoms with Gasteiger partial charge in [-0.1, -0.05) is 44.2 Å². The number of alkyl carbamates (subject to hydrolysis) is 1. The fourth-order valence-corrected chi connectivity index (χ4v) is 5.13. The summed E-state index contributed by atoms with van der Waals surface area (Å²) in [6.07, 6.45) is -9.03. The Morgan fingerprint density at radius 1 is 1.23 bits per heavy atom. The molecule has 0 saturated carbocycles. The molecular weight excluding hydrogens is 520 g/mol. The highest BCUT2D eigenvalue weighted by atomic mass is 19.4. The first-order valence-electron chi connectivity index (χ1n) is 12.3. The summed E-state index contributed by atoms with van der Waals surface area (Å²) in [5, 5.41) is 14.7. The van der Waals surface area contributed by atoms with Crippen LogP contribution in [0.15, 0.2) is 48.5 Å². The van der Waals surface area contributed by atoms with Crippen LogP contribution in [0.4, 0.5) is 28.0 Å². The quantitative estimate of drug-likeness (QED) is 0.515. The summed E-state index contributed by atoms with van der Waals surface area (Å²) in [7, 11) is 0. The molecule has 0 aliphatic carbocycles. The van der Waals surface area contributed by atoms with E-state index in [1.165, 1.54) is 36.4 Å². The summed E-state index contributed by atoms with van der Waals surface area (Å²) < 4.78 is 59.9. The molecular formula is C27H26F4N4O4. The smallest absolute Gasteiger partial charge is 0.429 e.